The van der Waals surface area contributed by atoms with Gasteiger partial charge in [-0.2, -0.15) is 0 Å². The second-order valence-corrected chi connectivity index (χ2v) is 17.9. The van der Waals surface area contributed by atoms with Gasteiger partial charge in [0, 0.05) is 6.42 Å². The first-order valence-corrected chi connectivity index (χ1v) is 23.8. The molecule has 1 amide bonds. The molecule has 0 spiro atoms. The Balaban J connectivity index is 3.97. The summed E-state index contributed by atoms with van der Waals surface area (Å²) in [7, 11) is 1.61. The van der Waals surface area contributed by atoms with E-state index in [9.17, 15) is 19.4 Å². The third-order valence-corrected chi connectivity index (χ3v) is 10.9. The number of aliphatic hydroxyl groups excluding tert-OH is 1. The van der Waals surface area contributed by atoms with Crippen LogP contribution in [0.5, 0.6) is 0 Å². The topological polar surface area (TPSA) is 105 Å². The molecule has 0 aromatic rings. The number of quaternary nitrogens is 1. The van der Waals surface area contributed by atoms with Crippen LogP contribution in [-0.4, -0.2) is 73.4 Å². The number of allylic oxidation sites excluding steroid dienone is 6. The van der Waals surface area contributed by atoms with E-state index in [-0.39, 0.29) is 19.1 Å². The largest absolute Gasteiger partial charge is 0.472 e. The molecule has 3 atom stereocenters. The fraction of sp³-hybridized carbons (Fsp3) is 0.844. The number of carbonyl (C=O) groups excluding carboxylic acids is 1. The molecule has 0 fully saturated rings. The number of phosphoric ester groups is 1. The Kier molecular flexibility index (Phi) is 36.4. The smallest absolute Gasteiger partial charge is 0.391 e. The summed E-state index contributed by atoms with van der Waals surface area (Å²) in [6, 6.07) is -0.757. The average Bonchev–Trinajstić information content (AvgIpc) is 3.12. The number of aliphatic hydroxyl groups is 1. The molecule has 0 aliphatic rings. The number of likely N-dealkylation sites (N-methyl/N-ethyl adjacent to an activating group) is 1. The molecule has 0 aliphatic heterocycles. The summed E-state index contributed by atoms with van der Waals surface area (Å²) in [5.41, 5.74) is 0. The fourth-order valence-corrected chi connectivity index (χ4v) is 7.02. The summed E-state index contributed by atoms with van der Waals surface area (Å²) in [6.45, 7) is 4.78. The molecule has 318 valence electrons. The zero-order valence-electron chi connectivity index (χ0n) is 36.0. The van der Waals surface area contributed by atoms with Gasteiger partial charge >= 0.3 is 7.82 Å². The summed E-state index contributed by atoms with van der Waals surface area (Å²) in [4.78, 5) is 22.9. The lowest BCUT2D eigenvalue weighted by molar-refractivity contribution is -0.870. The second-order valence-electron chi connectivity index (χ2n) is 16.4. The molecule has 0 saturated heterocycles. The van der Waals surface area contributed by atoms with Crippen LogP contribution in [-0.2, 0) is 18.4 Å². The summed E-state index contributed by atoms with van der Waals surface area (Å²) in [5.74, 6) is -0.155. The standard InChI is InChI=1S/C45H87N2O6P/c1-6-8-10-12-13-14-15-16-17-18-19-20-21-22-23-24-25-26-27-28-29-30-31-32-33-35-37-39-45(49)46-43(44(48)38-36-34-11-9-7-2)42-53-54(50,51)52-41-40-47(3,4)5/h15-16,18-19,21-22,43-44,48H,6-14,17,20,23-42H2,1-5H3,(H-,46,49,50,51)/p+1/b16-15-,19-18-,22-21-. The van der Waals surface area contributed by atoms with Gasteiger partial charge in [-0.25, -0.2) is 4.57 Å². The molecule has 0 aliphatic carbocycles. The van der Waals surface area contributed by atoms with Crippen LogP contribution in [0.15, 0.2) is 36.5 Å². The number of rotatable bonds is 40. The third-order valence-electron chi connectivity index (χ3n) is 9.89. The summed E-state index contributed by atoms with van der Waals surface area (Å²) >= 11 is 0. The number of carbonyl (C=O) groups is 1. The summed E-state index contributed by atoms with van der Waals surface area (Å²) < 4.78 is 23.4. The maximum absolute atomic E-state index is 12.8. The second kappa shape index (κ2) is 37.3. The van der Waals surface area contributed by atoms with Crippen molar-refractivity contribution in [2.45, 2.75) is 206 Å². The zero-order chi connectivity index (χ0) is 40.0. The molecule has 0 rings (SSSR count). The molecule has 0 saturated carbocycles. The van der Waals surface area contributed by atoms with Crippen LogP contribution in [0.2, 0.25) is 0 Å². The molecule has 0 aromatic heterocycles. The van der Waals surface area contributed by atoms with E-state index in [1.165, 1.54) is 103 Å². The highest BCUT2D eigenvalue weighted by Crippen LogP contribution is 2.43. The lowest BCUT2D eigenvalue weighted by Crippen LogP contribution is -2.46. The van der Waals surface area contributed by atoms with Crippen LogP contribution in [0.4, 0.5) is 0 Å². The summed E-state index contributed by atoms with van der Waals surface area (Å²) in [5, 5.41) is 13.7. The van der Waals surface area contributed by atoms with E-state index in [0.29, 0.717) is 23.9 Å². The van der Waals surface area contributed by atoms with Gasteiger partial charge in [0.05, 0.1) is 39.9 Å². The molecule has 3 unspecified atom stereocenters. The number of nitrogens with zero attached hydrogens (tertiary/aromatic N) is 1. The maximum atomic E-state index is 12.8. The number of amides is 1. The van der Waals surface area contributed by atoms with Crippen molar-refractivity contribution >= 4 is 13.7 Å². The van der Waals surface area contributed by atoms with Gasteiger partial charge in [0.1, 0.15) is 13.2 Å². The molecule has 0 heterocycles. The molecule has 54 heavy (non-hydrogen) atoms. The van der Waals surface area contributed by atoms with E-state index in [0.717, 1.165) is 64.2 Å². The lowest BCUT2D eigenvalue weighted by atomic mass is 10.0. The Morgan fingerprint density at radius 2 is 1.06 bits per heavy atom. The predicted molar refractivity (Wildman–Crippen MR) is 231 cm³/mol. The van der Waals surface area contributed by atoms with Crippen molar-refractivity contribution in [3.05, 3.63) is 36.5 Å². The van der Waals surface area contributed by atoms with Crippen LogP contribution in [0, 0.1) is 0 Å². The van der Waals surface area contributed by atoms with Gasteiger partial charge in [-0.05, 0) is 51.4 Å². The minimum Gasteiger partial charge on any atom is -0.391 e. The van der Waals surface area contributed by atoms with Crippen LogP contribution < -0.4 is 5.32 Å². The van der Waals surface area contributed by atoms with Gasteiger partial charge in [-0.1, -0.05) is 172 Å². The minimum atomic E-state index is -4.30. The van der Waals surface area contributed by atoms with Gasteiger partial charge in [-0.15, -0.1) is 0 Å². The van der Waals surface area contributed by atoms with Crippen molar-refractivity contribution in [2.75, 3.05) is 40.9 Å². The first-order chi connectivity index (χ1) is 26.0. The number of hydrogen-bond donors (Lipinski definition) is 3. The Morgan fingerprint density at radius 3 is 1.54 bits per heavy atom. The molecule has 0 radical (unpaired) electrons. The van der Waals surface area contributed by atoms with Crippen LogP contribution >= 0.6 is 7.82 Å². The monoisotopic (exact) mass is 784 g/mol. The van der Waals surface area contributed by atoms with Crippen molar-refractivity contribution in [3.8, 4) is 0 Å². The first-order valence-electron chi connectivity index (χ1n) is 22.4. The van der Waals surface area contributed by atoms with Crippen molar-refractivity contribution in [1.29, 1.82) is 0 Å². The molecule has 0 bridgehead atoms. The highest BCUT2D eigenvalue weighted by Gasteiger charge is 2.28. The van der Waals surface area contributed by atoms with Crippen molar-refractivity contribution in [3.63, 3.8) is 0 Å². The van der Waals surface area contributed by atoms with Gasteiger partial charge in [0.15, 0.2) is 0 Å². The minimum absolute atomic E-state index is 0.0729. The number of hydrogen-bond acceptors (Lipinski definition) is 5. The van der Waals surface area contributed by atoms with Crippen molar-refractivity contribution in [1.82, 2.24) is 5.32 Å². The quantitative estimate of drug-likeness (QED) is 0.0247. The van der Waals surface area contributed by atoms with E-state index in [1.807, 2.05) is 21.1 Å². The summed E-state index contributed by atoms with van der Waals surface area (Å²) in [6.07, 6.45) is 45.1. The SMILES string of the molecule is CCCCCCC/C=C\C/C=C\C/C=C\CCCCCCCCCCCCCCC(=O)NC(COP(=O)(O)OCC[N+](C)(C)C)C(O)CCCCCCC. The van der Waals surface area contributed by atoms with Crippen LogP contribution in [0.3, 0.4) is 0 Å². The lowest BCUT2D eigenvalue weighted by Gasteiger charge is -2.26. The Morgan fingerprint density at radius 1 is 0.630 bits per heavy atom. The van der Waals surface area contributed by atoms with Gasteiger partial charge in [0.25, 0.3) is 0 Å². The number of nitrogens with one attached hydrogen (secondary N) is 1. The molecular weight excluding hydrogens is 695 g/mol. The highest BCUT2D eigenvalue weighted by molar-refractivity contribution is 7.47. The normalized spacial score (nSPS) is 14.7. The Bertz CT molecular complexity index is 980. The number of unbranched alkanes of at least 4 members (excludes halogenated alkanes) is 21. The van der Waals surface area contributed by atoms with E-state index in [4.69, 9.17) is 9.05 Å². The van der Waals surface area contributed by atoms with Crippen LogP contribution in [0.25, 0.3) is 0 Å². The molecule has 9 heteroatoms. The highest BCUT2D eigenvalue weighted by atomic mass is 31.2. The van der Waals surface area contributed by atoms with E-state index < -0.39 is 20.0 Å². The molecule has 3 N–H and O–H groups in total. The van der Waals surface area contributed by atoms with Gasteiger partial charge in [0.2, 0.25) is 5.91 Å². The van der Waals surface area contributed by atoms with Gasteiger partial charge in [-0.3, -0.25) is 13.8 Å². The number of phosphoric acid groups is 1. The predicted octanol–water partition coefficient (Wildman–Crippen LogP) is 12.3. The van der Waals surface area contributed by atoms with Crippen LogP contribution in [0.1, 0.15) is 194 Å². The van der Waals surface area contributed by atoms with Crippen molar-refractivity contribution in [2.24, 2.45) is 0 Å². The Hall–Kier alpha value is -1.28. The zero-order valence-corrected chi connectivity index (χ0v) is 36.9. The van der Waals surface area contributed by atoms with E-state index in [1.54, 1.807) is 0 Å². The van der Waals surface area contributed by atoms with E-state index in [2.05, 4.69) is 55.6 Å². The van der Waals surface area contributed by atoms with E-state index >= 15 is 0 Å². The molecule has 8 nitrogen and oxygen atoms in total. The molecule has 0 aromatic carbocycles. The third kappa shape index (κ3) is 39.0. The Labute approximate surface area is 334 Å². The fourth-order valence-electron chi connectivity index (χ4n) is 6.29. The first kappa shape index (κ1) is 52.7. The maximum Gasteiger partial charge on any atom is 0.472 e. The average molecular weight is 784 g/mol. The molecular formula is C45H88N2O6P+. The van der Waals surface area contributed by atoms with Gasteiger partial charge < -0.3 is 19.8 Å². The van der Waals surface area contributed by atoms with Crippen molar-refractivity contribution < 1.29 is 32.9 Å².